The number of methoxy groups -OCH3 is 2. The van der Waals surface area contributed by atoms with Crippen LogP contribution in [0.15, 0.2) is 36.4 Å². The molecule has 0 spiro atoms. The van der Waals surface area contributed by atoms with Gasteiger partial charge in [0.2, 0.25) is 0 Å². The van der Waals surface area contributed by atoms with Gasteiger partial charge < -0.3 is 9.47 Å². The highest BCUT2D eigenvalue weighted by atomic mass is 16.5. The molecule has 0 aliphatic heterocycles. The van der Waals surface area contributed by atoms with E-state index in [1.165, 1.54) is 0 Å². The Labute approximate surface area is 120 Å². The number of aryl methyl sites for hydroxylation is 2. The highest BCUT2D eigenvalue weighted by Crippen LogP contribution is 2.21. The van der Waals surface area contributed by atoms with Crippen molar-refractivity contribution in [2.45, 2.75) is 13.8 Å². The van der Waals surface area contributed by atoms with E-state index in [1.807, 2.05) is 50.2 Å². The fourth-order valence-electron chi connectivity index (χ4n) is 1.97. The second-order valence-electron chi connectivity index (χ2n) is 4.66. The van der Waals surface area contributed by atoms with Gasteiger partial charge in [0, 0.05) is 0 Å². The molecule has 0 atom stereocenters. The molecule has 0 aliphatic rings. The monoisotopic (exact) mass is 266 g/mol. The quantitative estimate of drug-likeness (QED) is 0.771. The summed E-state index contributed by atoms with van der Waals surface area (Å²) in [6, 6.07) is 11.9. The van der Waals surface area contributed by atoms with E-state index in [4.69, 9.17) is 9.47 Å². The molecule has 0 saturated heterocycles. The molecule has 0 aliphatic carbocycles. The Morgan fingerprint density at radius 1 is 0.700 bits per heavy atom. The van der Waals surface area contributed by atoms with Crippen molar-refractivity contribution in [1.82, 2.24) is 0 Å². The van der Waals surface area contributed by atoms with Crippen molar-refractivity contribution in [3.05, 3.63) is 58.7 Å². The van der Waals surface area contributed by atoms with Crippen molar-refractivity contribution in [2.75, 3.05) is 14.2 Å². The van der Waals surface area contributed by atoms with Gasteiger partial charge in [-0.15, -0.1) is 0 Å². The van der Waals surface area contributed by atoms with Crippen molar-refractivity contribution in [1.29, 1.82) is 0 Å². The minimum absolute atomic E-state index is 0.787. The molecule has 20 heavy (non-hydrogen) atoms. The lowest BCUT2D eigenvalue weighted by Gasteiger charge is -2.05. The summed E-state index contributed by atoms with van der Waals surface area (Å²) in [5.74, 6) is 7.91. The lowest BCUT2D eigenvalue weighted by molar-refractivity contribution is 0.413. The normalized spacial score (nSPS) is 9.60. The van der Waals surface area contributed by atoms with Crippen LogP contribution in [0.4, 0.5) is 0 Å². The van der Waals surface area contributed by atoms with Crippen LogP contribution in [-0.2, 0) is 0 Å². The highest BCUT2D eigenvalue weighted by molar-refractivity contribution is 5.54. The lowest BCUT2D eigenvalue weighted by atomic mass is 10.1. The Morgan fingerprint density at radius 3 is 1.45 bits per heavy atom. The first kappa shape index (κ1) is 14.0. The van der Waals surface area contributed by atoms with Gasteiger partial charge in [-0.2, -0.15) is 0 Å². The summed E-state index contributed by atoms with van der Waals surface area (Å²) in [6.45, 7) is 4.08. The number of hydrogen-bond donors (Lipinski definition) is 0. The van der Waals surface area contributed by atoms with Gasteiger partial charge in [-0.05, 0) is 49.2 Å². The molecular formula is C18H18O2. The molecule has 0 N–H and O–H groups in total. The zero-order chi connectivity index (χ0) is 14.5. The topological polar surface area (TPSA) is 18.5 Å². The molecule has 0 unspecified atom stereocenters. The van der Waals surface area contributed by atoms with Crippen LogP contribution in [0.25, 0.3) is 0 Å². The fraction of sp³-hybridized carbons (Fsp3) is 0.222. The number of benzene rings is 2. The standard InChI is InChI=1S/C18H18O2/c1-13-5-9-17(19-3)15(11-13)7-8-16-12-14(2)6-10-18(16)20-4/h5-6,9-12H,1-4H3. The molecule has 0 radical (unpaired) electrons. The molecule has 0 amide bonds. The Balaban J connectivity index is 2.45. The smallest absolute Gasteiger partial charge is 0.134 e. The predicted octanol–water partition coefficient (Wildman–Crippen LogP) is 3.72. The molecule has 2 aromatic rings. The van der Waals surface area contributed by atoms with Gasteiger partial charge in [-0.3, -0.25) is 0 Å². The van der Waals surface area contributed by atoms with E-state index in [2.05, 4.69) is 11.8 Å². The molecule has 0 bridgehead atoms. The second-order valence-corrected chi connectivity index (χ2v) is 4.66. The van der Waals surface area contributed by atoms with Crippen molar-refractivity contribution >= 4 is 0 Å². The molecule has 2 rings (SSSR count). The lowest BCUT2D eigenvalue weighted by Crippen LogP contribution is -1.90. The molecule has 0 heterocycles. The van der Waals surface area contributed by atoms with Crippen molar-refractivity contribution in [2.24, 2.45) is 0 Å². The van der Waals surface area contributed by atoms with Gasteiger partial charge >= 0.3 is 0 Å². The van der Waals surface area contributed by atoms with E-state index in [9.17, 15) is 0 Å². The fourth-order valence-corrected chi connectivity index (χ4v) is 1.97. The Kier molecular flexibility index (Phi) is 4.32. The summed E-state index contributed by atoms with van der Waals surface area (Å²) < 4.78 is 10.7. The van der Waals surface area contributed by atoms with Gasteiger partial charge in [0.1, 0.15) is 11.5 Å². The number of ether oxygens (including phenoxy) is 2. The average molecular weight is 266 g/mol. The minimum Gasteiger partial charge on any atom is -0.495 e. The van der Waals surface area contributed by atoms with Crippen LogP contribution in [0, 0.1) is 25.7 Å². The van der Waals surface area contributed by atoms with Crippen molar-refractivity contribution in [3.8, 4) is 23.3 Å². The summed E-state index contributed by atoms with van der Waals surface area (Å²) >= 11 is 0. The van der Waals surface area contributed by atoms with Crippen molar-refractivity contribution < 1.29 is 9.47 Å². The third-order valence-electron chi connectivity index (χ3n) is 3.04. The number of rotatable bonds is 2. The van der Waals surface area contributed by atoms with Crippen LogP contribution >= 0.6 is 0 Å². The first-order chi connectivity index (χ1) is 9.63. The van der Waals surface area contributed by atoms with Gasteiger partial charge in [-0.25, -0.2) is 0 Å². The van der Waals surface area contributed by atoms with E-state index in [1.54, 1.807) is 14.2 Å². The third kappa shape index (κ3) is 3.13. The molecule has 0 aromatic heterocycles. The van der Waals surface area contributed by atoms with E-state index in [0.29, 0.717) is 0 Å². The Hall–Kier alpha value is -2.40. The van der Waals surface area contributed by atoms with E-state index in [0.717, 1.165) is 33.8 Å². The van der Waals surface area contributed by atoms with Crippen LogP contribution in [0.3, 0.4) is 0 Å². The summed E-state index contributed by atoms with van der Waals surface area (Å²) in [5.41, 5.74) is 4.09. The molecule has 0 saturated carbocycles. The van der Waals surface area contributed by atoms with Gasteiger partial charge in [-0.1, -0.05) is 24.0 Å². The van der Waals surface area contributed by atoms with Gasteiger partial charge in [0.15, 0.2) is 0 Å². The molecular weight excluding hydrogens is 248 g/mol. The first-order valence-corrected chi connectivity index (χ1v) is 6.45. The molecule has 2 aromatic carbocycles. The first-order valence-electron chi connectivity index (χ1n) is 6.45. The molecule has 102 valence electrons. The Morgan fingerprint density at radius 2 is 1.10 bits per heavy atom. The molecule has 2 heteroatoms. The van der Waals surface area contributed by atoms with Gasteiger partial charge in [0.05, 0.1) is 25.3 Å². The van der Waals surface area contributed by atoms with Crippen LogP contribution in [0.2, 0.25) is 0 Å². The third-order valence-corrected chi connectivity index (χ3v) is 3.04. The summed E-state index contributed by atoms with van der Waals surface area (Å²) in [7, 11) is 3.31. The largest absolute Gasteiger partial charge is 0.495 e. The zero-order valence-electron chi connectivity index (χ0n) is 12.3. The predicted molar refractivity (Wildman–Crippen MR) is 81.4 cm³/mol. The molecule has 0 fully saturated rings. The van der Waals surface area contributed by atoms with Crippen LogP contribution in [0.1, 0.15) is 22.3 Å². The maximum Gasteiger partial charge on any atom is 0.134 e. The van der Waals surface area contributed by atoms with E-state index < -0.39 is 0 Å². The summed E-state index contributed by atoms with van der Waals surface area (Å²) in [6.07, 6.45) is 0. The van der Waals surface area contributed by atoms with Crippen molar-refractivity contribution in [3.63, 3.8) is 0 Å². The average Bonchev–Trinajstić information content (AvgIpc) is 2.45. The van der Waals surface area contributed by atoms with Crippen LogP contribution in [-0.4, -0.2) is 14.2 Å². The summed E-state index contributed by atoms with van der Waals surface area (Å²) in [4.78, 5) is 0. The van der Waals surface area contributed by atoms with Crippen LogP contribution < -0.4 is 9.47 Å². The SMILES string of the molecule is COc1ccc(C)cc1C#Cc1cc(C)ccc1OC. The number of hydrogen-bond acceptors (Lipinski definition) is 2. The van der Waals surface area contributed by atoms with Gasteiger partial charge in [0.25, 0.3) is 0 Å². The zero-order valence-corrected chi connectivity index (χ0v) is 12.3. The maximum atomic E-state index is 5.34. The highest BCUT2D eigenvalue weighted by Gasteiger charge is 2.02. The maximum absolute atomic E-state index is 5.34. The summed E-state index contributed by atoms with van der Waals surface area (Å²) in [5, 5.41) is 0. The van der Waals surface area contributed by atoms with Crippen LogP contribution in [0.5, 0.6) is 11.5 Å². The second kappa shape index (κ2) is 6.16. The minimum atomic E-state index is 0.787. The Bertz CT molecular complexity index is 618. The van der Waals surface area contributed by atoms with E-state index in [-0.39, 0.29) is 0 Å². The molecule has 2 nitrogen and oxygen atoms in total. The van der Waals surface area contributed by atoms with E-state index >= 15 is 0 Å².